The number of amidine groups is 1. The highest BCUT2D eigenvalue weighted by Crippen LogP contribution is 2.33. The highest BCUT2D eigenvalue weighted by Gasteiger charge is 2.28. The number of benzene rings is 1. The summed E-state index contributed by atoms with van der Waals surface area (Å²) >= 11 is 0. The Kier molecular flexibility index (Phi) is 3.79. The minimum atomic E-state index is 0.351. The summed E-state index contributed by atoms with van der Waals surface area (Å²) in [7, 11) is 0. The van der Waals surface area contributed by atoms with E-state index in [4.69, 9.17) is 4.74 Å². The molecule has 1 saturated heterocycles. The normalized spacial score (nSPS) is 27.4. The molecule has 0 bridgehead atoms. The van der Waals surface area contributed by atoms with E-state index in [2.05, 4.69) is 51.6 Å². The van der Waals surface area contributed by atoms with Crippen molar-refractivity contribution in [3.63, 3.8) is 0 Å². The number of hydrogen-bond donors (Lipinski definition) is 1. The van der Waals surface area contributed by atoms with Gasteiger partial charge in [-0.2, -0.15) is 0 Å². The molecule has 2 atom stereocenters. The van der Waals surface area contributed by atoms with E-state index < -0.39 is 0 Å². The quantitative estimate of drug-likeness (QED) is 0.929. The Labute approximate surface area is 131 Å². The smallest absolute Gasteiger partial charge is 0.113 e. The molecule has 0 radical (unpaired) electrons. The third-order valence-corrected chi connectivity index (χ3v) is 4.59. The highest BCUT2D eigenvalue weighted by atomic mass is 16.5. The average Bonchev–Trinajstić information content (AvgIpc) is 3.04. The molecule has 1 N–H and O–H groups in total. The van der Waals surface area contributed by atoms with Crippen LogP contribution >= 0.6 is 0 Å². The molecule has 22 heavy (non-hydrogen) atoms. The largest absolute Gasteiger partial charge is 0.379 e. The first kappa shape index (κ1) is 13.7. The topological polar surface area (TPSA) is 36.9 Å². The molecule has 1 aromatic rings. The van der Waals surface area contributed by atoms with Crippen molar-refractivity contribution in [2.75, 3.05) is 26.3 Å². The SMILES string of the molecule is C1=CC(c2cccc(CN3CCOCC3)c2)C2C=CNC2=N1. The van der Waals surface area contributed by atoms with E-state index in [1.807, 2.05) is 12.4 Å². The number of aliphatic imine (C=N–C) groups is 1. The third-order valence-electron chi connectivity index (χ3n) is 4.59. The van der Waals surface area contributed by atoms with Crippen LogP contribution in [-0.2, 0) is 11.3 Å². The van der Waals surface area contributed by atoms with Crippen molar-refractivity contribution in [2.24, 2.45) is 10.9 Å². The number of ether oxygens (including phenoxy) is 1. The Balaban J connectivity index is 1.53. The molecule has 3 heterocycles. The molecule has 3 aliphatic heterocycles. The van der Waals surface area contributed by atoms with Crippen LogP contribution in [0.2, 0.25) is 0 Å². The molecule has 4 heteroatoms. The first-order valence-corrected chi connectivity index (χ1v) is 7.97. The molecule has 0 saturated carbocycles. The van der Waals surface area contributed by atoms with Gasteiger partial charge in [0.05, 0.1) is 13.2 Å². The standard InChI is InChI=1S/C18H21N3O/c1-2-14(13-21-8-10-22-11-9-21)12-15(3-1)16-4-6-19-18-17(16)5-7-20-18/h1-7,12,16-17H,8-11,13H2,(H,19,20). The minimum Gasteiger partial charge on any atom is -0.379 e. The average molecular weight is 295 g/mol. The highest BCUT2D eigenvalue weighted by molar-refractivity contribution is 5.91. The van der Waals surface area contributed by atoms with E-state index in [1.54, 1.807) is 0 Å². The lowest BCUT2D eigenvalue weighted by molar-refractivity contribution is 0.0342. The molecule has 1 fully saturated rings. The van der Waals surface area contributed by atoms with Gasteiger partial charge in [0.2, 0.25) is 0 Å². The van der Waals surface area contributed by atoms with Gasteiger partial charge in [-0.25, -0.2) is 4.99 Å². The van der Waals surface area contributed by atoms with E-state index in [1.165, 1.54) is 11.1 Å². The fourth-order valence-electron chi connectivity index (χ4n) is 3.41. The van der Waals surface area contributed by atoms with Crippen LogP contribution < -0.4 is 5.32 Å². The van der Waals surface area contributed by atoms with Crippen LogP contribution in [0.25, 0.3) is 0 Å². The van der Waals surface area contributed by atoms with Crippen LogP contribution in [0.5, 0.6) is 0 Å². The number of morpholine rings is 1. The number of rotatable bonds is 3. The van der Waals surface area contributed by atoms with Gasteiger partial charge in [0, 0.05) is 37.7 Å². The van der Waals surface area contributed by atoms with Gasteiger partial charge in [0.15, 0.2) is 0 Å². The molecule has 1 aromatic carbocycles. The number of fused-ring (bicyclic) bond motifs is 1. The zero-order valence-electron chi connectivity index (χ0n) is 12.6. The van der Waals surface area contributed by atoms with Gasteiger partial charge in [-0.3, -0.25) is 4.90 Å². The zero-order chi connectivity index (χ0) is 14.8. The fraction of sp³-hybridized carbons (Fsp3) is 0.389. The minimum absolute atomic E-state index is 0.351. The maximum Gasteiger partial charge on any atom is 0.113 e. The van der Waals surface area contributed by atoms with Gasteiger partial charge < -0.3 is 10.1 Å². The summed E-state index contributed by atoms with van der Waals surface area (Å²) in [5.41, 5.74) is 2.75. The molecule has 0 aromatic heterocycles. The van der Waals surface area contributed by atoms with E-state index in [0.717, 1.165) is 38.7 Å². The Hall–Kier alpha value is -1.91. The van der Waals surface area contributed by atoms with Gasteiger partial charge in [0.1, 0.15) is 5.84 Å². The van der Waals surface area contributed by atoms with Crippen LogP contribution in [0, 0.1) is 5.92 Å². The molecule has 0 spiro atoms. The summed E-state index contributed by atoms with van der Waals surface area (Å²) in [4.78, 5) is 6.89. The van der Waals surface area contributed by atoms with Gasteiger partial charge in [-0.1, -0.05) is 36.4 Å². The molecule has 2 unspecified atom stereocenters. The fourth-order valence-corrected chi connectivity index (χ4v) is 3.41. The summed E-state index contributed by atoms with van der Waals surface area (Å²) in [5, 5.41) is 3.23. The Morgan fingerprint density at radius 1 is 1.18 bits per heavy atom. The second kappa shape index (κ2) is 6.07. The van der Waals surface area contributed by atoms with Crippen LogP contribution in [0.3, 0.4) is 0 Å². The van der Waals surface area contributed by atoms with Crippen molar-refractivity contribution < 1.29 is 4.74 Å². The summed E-state index contributed by atoms with van der Waals surface area (Å²) in [6.07, 6.45) is 8.34. The van der Waals surface area contributed by atoms with Gasteiger partial charge in [0.25, 0.3) is 0 Å². The predicted octanol–water partition coefficient (Wildman–Crippen LogP) is 2.26. The predicted molar refractivity (Wildman–Crippen MR) is 87.6 cm³/mol. The molecule has 0 aliphatic carbocycles. The number of allylic oxidation sites excluding steroid dienone is 1. The second-order valence-corrected chi connectivity index (χ2v) is 6.04. The van der Waals surface area contributed by atoms with Crippen molar-refractivity contribution in [3.8, 4) is 0 Å². The monoisotopic (exact) mass is 295 g/mol. The number of hydrogen-bond acceptors (Lipinski definition) is 4. The van der Waals surface area contributed by atoms with Crippen LogP contribution in [0.1, 0.15) is 17.0 Å². The lowest BCUT2D eigenvalue weighted by atomic mass is 9.84. The van der Waals surface area contributed by atoms with E-state index >= 15 is 0 Å². The maximum atomic E-state index is 5.43. The van der Waals surface area contributed by atoms with E-state index in [0.29, 0.717) is 11.8 Å². The maximum absolute atomic E-state index is 5.43. The van der Waals surface area contributed by atoms with E-state index in [9.17, 15) is 0 Å². The summed E-state index contributed by atoms with van der Waals surface area (Å²) in [6.45, 7) is 4.76. The lowest BCUT2D eigenvalue weighted by Gasteiger charge is -2.27. The third kappa shape index (κ3) is 2.72. The first-order chi connectivity index (χ1) is 10.9. The summed E-state index contributed by atoms with van der Waals surface area (Å²) < 4.78 is 5.43. The molecule has 4 nitrogen and oxygen atoms in total. The summed E-state index contributed by atoms with van der Waals surface area (Å²) in [5.74, 6) is 1.79. The van der Waals surface area contributed by atoms with Gasteiger partial charge >= 0.3 is 0 Å². The Morgan fingerprint density at radius 3 is 3.00 bits per heavy atom. The van der Waals surface area contributed by atoms with Crippen molar-refractivity contribution in [1.82, 2.24) is 10.2 Å². The zero-order valence-corrected chi connectivity index (χ0v) is 12.6. The van der Waals surface area contributed by atoms with Crippen LogP contribution in [0.4, 0.5) is 0 Å². The molecule has 0 amide bonds. The number of nitrogens with one attached hydrogen (secondary N) is 1. The van der Waals surface area contributed by atoms with Crippen molar-refractivity contribution in [3.05, 3.63) is 59.9 Å². The molecular weight excluding hydrogens is 274 g/mol. The molecule has 114 valence electrons. The van der Waals surface area contributed by atoms with Crippen LogP contribution in [-0.4, -0.2) is 37.0 Å². The van der Waals surface area contributed by atoms with Crippen molar-refractivity contribution in [1.29, 1.82) is 0 Å². The second-order valence-electron chi connectivity index (χ2n) is 6.04. The molecule has 3 aliphatic rings. The molecule has 4 rings (SSSR count). The Bertz CT molecular complexity index is 629. The number of nitrogens with zero attached hydrogens (tertiary/aromatic N) is 2. The first-order valence-electron chi connectivity index (χ1n) is 7.97. The lowest BCUT2D eigenvalue weighted by Crippen LogP contribution is -2.35. The van der Waals surface area contributed by atoms with Crippen LogP contribution in [0.15, 0.2) is 53.8 Å². The van der Waals surface area contributed by atoms with Gasteiger partial charge in [-0.15, -0.1) is 0 Å². The molecular formula is C18H21N3O. The van der Waals surface area contributed by atoms with E-state index in [-0.39, 0.29) is 0 Å². The van der Waals surface area contributed by atoms with Crippen molar-refractivity contribution in [2.45, 2.75) is 12.5 Å². The van der Waals surface area contributed by atoms with Gasteiger partial charge in [-0.05, 0) is 17.3 Å². The Morgan fingerprint density at radius 2 is 2.09 bits per heavy atom. The van der Waals surface area contributed by atoms with Crippen molar-refractivity contribution >= 4 is 5.84 Å². The summed E-state index contributed by atoms with van der Waals surface area (Å²) in [6, 6.07) is 8.98.